The number of aromatic nitrogens is 1. The summed E-state index contributed by atoms with van der Waals surface area (Å²) in [5, 5.41) is 0. The molecule has 0 spiro atoms. The normalized spacial score (nSPS) is 23.6. The fourth-order valence-corrected chi connectivity index (χ4v) is 3.05. The highest BCUT2D eigenvalue weighted by molar-refractivity contribution is 5.95. The maximum atomic E-state index is 11.4. The Kier molecular flexibility index (Phi) is 1.61. The second-order valence-electron chi connectivity index (χ2n) is 4.51. The molecule has 1 atom stereocenters. The first-order chi connectivity index (χ1) is 6.77. The molecule has 1 unspecified atom stereocenters. The Labute approximate surface area is 83.9 Å². The van der Waals surface area contributed by atoms with E-state index in [2.05, 4.69) is 10.6 Å². The number of hydrogen-bond acceptors (Lipinski definition) is 1. The van der Waals surface area contributed by atoms with E-state index in [0.717, 1.165) is 12.0 Å². The summed E-state index contributed by atoms with van der Waals surface area (Å²) < 4.78 is 2.44. The van der Waals surface area contributed by atoms with Crippen molar-refractivity contribution < 1.29 is 4.79 Å². The lowest BCUT2D eigenvalue weighted by atomic mass is 9.98. The number of carbonyl (C=O) groups is 1. The summed E-state index contributed by atoms with van der Waals surface area (Å²) in [6.07, 6.45) is 6.14. The van der Waals surface area contributed by atoms with Crippen molar-refractivity contribution >= 4 is 5.78 Å². The summed E-state index contributed by atoms with van der Waals surface area (Å²) in [5.74, 6) is 0.238. The van der Waals surface area contributed by atoms with Crippen LogP contribution < -0.4 is 0 Å². The number of ketones is 1. The van der Waals surface area contributed by atoms with Gasteiger partial charge in [0.2, 0.25) is 0 Å². The molecular weight excluding hydrogens is 174 g/mol. The number of carbonyl (C=O) groups excluding carboxylic acids is 1. The zero-order valence-corrected chi connectivity index (χ0v) is 8.55. The molecule has 0 aromatic carbocycles. The van der Waals surface area contributed by atoms with Crippen LogP contribution in [0.25, 0.3) is 0 Å². The smallest absolute Gasteiger partial charge is 0.161 e. The number of hydrogen-bond donors (Lipinski definition) is 0. The minimum Gasteiger partial charge on any atom is -0.345 e. The fourth-order valence-electron chi connectivity index (χ4n) is 3.05. The molecule has 2 nitrogen and oxygen atoms in total. The van der Waals surface area contributed by atoms with Crippen LogP contribution in [0, 0.1) is 0 Å². The molecule has 1 aromatic rings. The lowest BCUT2D eigenvalue weighted by Gasteiger charge is -2.23. The third-order valence-corrected chi connectivity index (χ3v) is 3.65. The van der Waals surface area contributed by atoms with Gasteiger partial charge in [-0.3, -0.25) is 4.79 Å². The zero-order valence-electron chi connectivity index (χ0n) is 8.55. The number of rotatable bonds is 1. The molecule has 0 saturated heterocycles. The Bertz CT molecular complexity index is 403. The molecule has 14 heavy (non-hydrogen) atoms. The van der Waals surface area contributed by atoms with Gasteiger partial charge >= 0.3 is 0 Å². The van der Waals surface area contributed by atoms with Crippen molar-refractivity contribution in [2.75, 3.05) is 0 Å². The van der Waals surface area contributed by atoms with Crippen LogP contribution in [-0.2, 0) is 12.8 Å². The monoisotopic (exact) mass is 189 g/mol. The number of aryl methyl sites for hydroxylation is 1. The van der Waals surface area contributed by atoms with E-state index in [-0.39, 0.29) is 5.78 Å². The van der Waals surface area contributed by atoms with Gasteiger partial charge in [-0.25, -0.2) is 0 Å². The standard InChI is InChI=1S/C12H15NO/c1-8(14)11-7-10-6-5-9-3-2-4-12(11)13(9)10/h7,9H,2-6H2,1H3. The van der Waals surface area contributed by atoms with Gasteiger partial charge in [0.15, 0.2) is 5.78 Å². The lowest BCUT2D eigenvalue weighted by Crippen LogP contribution is -2.15. The topological polar surface area (TPSA) is 22.0 Å². The van der Waals surface area contributed by atoms with Gasteiger partial charge in [-0.2, -0.15) is 0 Å². The van der Waals surface area contributed by atoms with Crippen molar-refractivity contribution in [3.8, 4) is 0 Å². The maximum absolute atomic E-state index is 11.4. The molecule has 0 bridgehead atoms. The highest BCUT2D eigenvalue weighted by Crippen LogP contribution is 2.38. The SMILES string of the molecule is CC(=O)c1cc2n3c1CCCC3CC2. The van der Waals surface area contributed by atoms with Crippen LogP contribution in [0.4, 0.5) is 0 Å². The first kappa shape index (κ1) is 8.27. The summed E-state index contributed by atoms with van der Waals surface area (Å²) in [6, 6.07) is 2.84. The van der Waals surface area contributed by atoms with Crippen LogP contribution in [0.3, 0.4) is 0 Å². The van der Waals surface area contributed by atoms with Gasteiger partial charge in [0, 0.05) is 23.0 Å². The molecule has 2 heteroatoms. The van der Waals surface area contributed by atoms with Gasteiger partial charge < -0.3 is 4.57 Å². The second kappa shape index (κ2) is 2.72. The van der Waals surface area contributed by atoms with Gasteiger partial charge in [-0.05, 0) is 45.1 Å². The van der Waals surface area contributed by atoms with E-state index in [0.29, 0.717) is 6.04 Å². The predicted octanol–water partition coefficient (Wildman–Crippen LogP) is 2.51. The predicted molar refractivity (Wildman–Crippen MR) is 54.7 cm³/mol. The van der Waals surface area contributed by atoms with E-state index in [4.69, 9.17) is 0 Å². The first-order valence-electron chi connectivity index (χ1n) is 5.51. The van der Waals surface area contributed by atoms with Crippen molar-refractivity contribution in [1.82, 2.24) is 4.57 Å². The molecule has 0 radical (unpaired) electrons. The van der Waals surface area contributed by atoms with Crippen LogP contribution in [-0.4, -0.2) is 10.4 Å². The van der Waals surface area contributed by atoms with Crippen molar-refractivity contribution in [1.29, 1.82) is 0 Å². The highest BCUT2D eigenvalue weighted by Gasteiger charge is 2.30. The van der Waals surface area contributed by atoms with Crippen LogP contribution in [0.5, 0.6) is 0 Å². The first-order valence-corrected chi connectivity index (χ1v) is 5.51. The zero-order chi connectivity index (χ0) is 9.71. The van der Waals surface area contributed by atoms with Crippen LogP contribution in [0.1, 0.15) is 54.0 Å². The van der Waals surface area contributed by atoms with Gasteiger partial charge in [-0.1, -0.05) is 0 Å². The quantitative estimate of drug-likeness (QED) is 0.622. The van der Waals surface area contributed by atoms with E-state index < -0.39 is 0 Å². The number of Topliss-reactive ketones (excluding diaryl/α,β-unsaturated/α-hetero) is 1. The fraction of sp³-hybridized carbons (Fsp3) is 0.583. The van der Waals surface area contributed by atoms with Crippen molar-refractivity contribution in [3.05, 3.63) is 23.0 Å². The molecule has 0 amide bonds. The largest absolute Gasteiger partial charge is 0.345 e. The van der Waals surface area contributed by atoms with Crippen molar-refractivity contribution in [2.45, 2.75) is 45.1 Å². The van der Waals surface area contributed by atoms with Crippen molar-refractivity contribution in [2.24, 2.45) is 0 Å². The lowest BCUT2D eigenvalue weighted by molar-refractivity contribution is 0.101. The van der Waals surface area contributed by atoms with Crippen LogP contribution in [0.15, 0.2) is 6.07 Å². The molecule has 0 aliphatic carbocycles. The minimum atomic E-state index is 0.238. The Morgan fingerprint density at radius 2 is 2.29 bits per heavy atom. The summed E-state index contributed by atoms with van der Waals surface area (Å²) in [5.41, 5.74) is 3.71. The highest BCUT2D eigenvalue weighted by atomic mass is 16.1. The Morgan fingerprint density at radius 3 is 3.07 bits per heavy atom. The average Bonchev–Trinajstić information content (AvgIpc) is 2.72. The van der Waals surface area contributed by atoms with Gasteiger partial charge in [0.25, 0.3) is 0 Å². The van der Waals surface area contributed by atoms with Gasteiger partial charge in [0.1, 0.15) is 0 Å². The van der Waals surface area contributed by atoms with E-state index in [1.807, 2.05) is 0 Å². The average molecular weight is 189 g/mol. The summed E-state index contributed by atoms with van der Waals surface area (Å²) >= 11 is 0. The Morgan fingerprint density at radius 1 is 1.43 bits per heavy atom. The van der Waals surface area contributed by atoms with E-state index in [1.54, 1.807) is 6.92 Å². The third-order valence-electron chi connectivity index (χ3n) is 3.65. The molecule has 3 rings (SSSR count). The Hall–Kier alpha value is -1.05. The van der Waals surface area contributed by atoms with E-state index in [1.165, 1.54) is 37.1 Å². The molecule has 0 N–H and O–H groups in total. The van der Waals surface area contributed by atoms with E-state index in [9.17, 15) is 4.79 Å². The molecule has 2 aliphatic rings. The molecular formula is C12H15NO. The molecule has 74 valence electrons. The molecule has 1 aromatic heterocycles. The summed E-state index contributed by atoms with van der Waals surface area (Å²) in [4.78, 5) is 11.4. The summed E-state index contributed by atoms with van der Waals surface area (Å²) in [6.45, 7) is 1.69. The van der Waals surface area contributed by atoms with E-state index >= 15 is 0 Å². The molecule has 3 heterocycles. The van der Waals surface area contributed by atoms with Gasteiger partial charge in [-0.15, -0.1) is 0 Å². The molecule has 0 fully saturated rings. The number of nitrogens with zero attached hydrogens (tertiary/aromatic N) is 1. The summed E-state index contributed by atoms with van der Waals surface area (Å²) in [7, 11) is 0. The van der Waals surface area contributed by atoms with Crippen molar-refractivity contribution in [3.63, 3.8) is 0 Å². The van der Waals surface area contributed by atoms with Crippen LogP contribution in [0.2, 0.25) is 0 Å². The van der Waals surface area contributed by atoms with Crippen LogP contribution >= 0.6 is 0 Å². The molecule has 0 saturated carbocycles. The second-order valence-corrected chi connectivity index (χ2v) is 4.51. The maximum Gasteiger partial charge on any atom is 0.161 e. The Balaban J connectivity index is 2.20. The minimum absolute atomic E-state index is 0.238. The van der Waals surface area contributed by atoms with Gasteiger partial charge in [0.05, 0.1) is 0 Å². The third kappa shape index (κ3) is 0.941. The molecule has 2 aliphatic heterocycles.